The van der Waals surface area contributed by atoms with Crippen LogP contribution < -0.4 is 24.4 Å². The van der Waals surface area contributed by atoms with Gasteiger partial charge in [0.2, 0.25) is 11.8 Å². The van der Waals surface area contributed by atoms with Crippen molar-refractivity contribution in [3.63, 3.8) is 0 Å². The van der Waals surface area contributed by atoms with Crippen LogP contribution in [0.15, 0.2) is 42.5 Å². The molecule has 0 aliphatic carbocycles. The zero-order valence-corrected chi connectivity index (χ0v) is 16.6. The van der Waals surface area contributed by atoms with Gasteiger partial charge in [-0.3, -0.25) is 9.59 Å². The van der Waals surface area contributed by atoms with Crippen molar-refractivity contribution in [2.45, 2.75) is 12.5 Å². The maximum Gasteiger partial charge on any atom is 0.227 e. The summed E-state index contributed by atoms with van der Waals surface area (Å²) >= 11 is 6.07. The molecule has 0 unspecified atom stereocenters. The van der Waals surface area contributed by atoms with E-state index in [1.807, 2.05) is 24.3 Å². The summed E-state index contributed by atoms with van der Waals surface area (Å²) in [5.74, 6) is 1.11. The van der Waals surface area contributed by atoms with Crippen LogP contribution in [0.25, 0.3) is 0 Å². The minimum atomic E-state index is -0.456. The van der Waals surface area contributed by atoms with Gasteiger partial charge in [0.25, 0.3) is 0 Å². The molecule has 4 rings (SSSR count). The topological polar surface area (TPSA) is 77.1 Å². The van der Waals surface area contributed by atoms with Crippen molar-refractivity contribution in [1.29, 1.82) is 0 Å². The molecule has 0 saturated carbocycles. The van der Waals surface area contributed by atoms with Crippen molar-refractivity contribution in [2.24, 2.45) is 5.92 Å². The first-order chi connectivity index (χ1) is 14.0. The number of para-hydroxylation sites is 2. The van der Waals surface area contributed by atoms with Crippen molar-refractivity contribution in [3.8, 4) is 17.2 Å². The molecule has 1 N–H and O–H groups in total. The first-order valence-corrected chi connectivity index (χ1v) is 9.73. The number of rotatable bonds is 5. The summed E-state index contributed by atoms with van der Waals surface area (Å²) in [6, 6.07) is 12.5. The van der Waals surface area contributed by atoms with E-state index in [1.54, 1.807) is 23.1 Å². The summed E-state index contributed by atoms with van der Waals surface area (Å²) in [5.41, 5.74) is 0.570. The highest BCUT2D eigenvalue weighted by Crippen LogP contribution is 2.35. The molecule has 1 fully saturated rings. The lowest BCUT2D eigenvalue weighted by atomic mass is 10.1. The first kappa shape index (κ1) is 19.4. The van der Waals surface area contributed by atoms with Crippen LogP contribution in [0.1, 0.15) is 6.42 Å². The number of ether oxygens (including phenoxy) is 3. The van der Waals surface area contributed by atoms with E-state index in [9.17, 15) is 9.59 Å². The Balaban J connectivity index is 1.36. The van der Waals surface area contributed by atoms with E-state index < -0.39 is 5.92 Å². The van der Waals surface area contributed by atoms with Gasteiger partial charge < -0.3 is 24.4 Å². The molecule has 0 bridgehead atoms. The number of nitrogens with zero attached hydrogens (tertiary/aromatic N) is 1. The lowest BCUT2D eigenvalue weighted by Crippen LogP contribution is -2.43. The molecule has 2 heterocycles. The van der Waals surface area contributed by atoms with Crippen molar-refractivity contribution in [3.05, 3.63) is 47.5 Å². The Morgan fingerprint density at radius 2 is 2.07 bits per heavy atom. The van der Waals surface area contributed by atoms with Gasteiger partial charge in [0.15, 0.2) is 11.5 Å². The average molecular weight is 417 g/mol. The molecule has 0 aromatic heterocycles. The summed E-state index contributed by atoms with van der Waals surface area (Å²) in [6.07, 6.45) is -0.151. The smallest absolute Gasteiger partial charge is 0.227 e. The van der Waals surface area contributed by atoms with Crippen LogP contribution in [-0.2, 0) is 9.59 Å². The van der Waals surface area contributed by atoms with Gasteiger partial charge in [-0.05, 0) is 30.3 Å². The highest BCUT2D eigenvalue weighted by atomic mass is 35.5. The number of carbonyl (C=O) groups is 2. The van der Waals surface area contributed by atoms with Crippen LogP contribution in [-0.4, -0.2) is 44.7 Å². The van der Waals surface area contributed by atoms with E-state index in [0.29, 0.717) is 41.1 Å². The number of carbonyl (C=O) groups excluding carboxylic acids is 2. The van der Waals surface area contributed by atoms with Gasteiger partial charge in [-0.25, -0.2) is 0 Å². The fourth-order valence-corrected chi connectivity index (χ4v) is 3.68. The van der Waals surface area contributed by atoms with E-state index in [-0.39, 0.29) is 30.9 Å². The molecule has 1 saturated heterocycles. The zero-order chi connectivity index (χ0) is 20.4. The van der Waals surface area contributed by atoms with Gasteiger partial charge >= 0.3 is 0 Å². The summed E-state index contributed by atoms with van der Waals surface area (Å²) in [6.45, 7) is 0.928. The summed E-state index contributed by atoms with van der Waals surface area (Å²) in [4.78, 5) is 26.7. The lowest BCUT2D eigenvalue weighted by molar-refractivity contribution is -0.126. The number of benzene rings is 2. The third-order valence-corrected chi connectivity index (χ3v) is 5.23. The monoisotopic (exact) mass is 416 g/mol. The Bertz CT molecular complexity index is 935. The first-order valence-electron chi connectivity index (χ1n) is 9.35. The molecular weight excluding hydrogens is 396 g/mol. The van der Waals surface area contributed by atoms with Crippen LogP contribution in [0.4, 0.5) is 5.69 Å². The van der Waals surface area contributed by atoms with E-state index in [2.05, 4.69) is 5.32 Å². The molecule has 0 radical (unpaired) electrons. The standard InChI is InChI=1S/C21H21ClN2O5/c1-27-17-7-6-14(22)9-16(17)24-11-13(8-20(24)25)21(26)23-10-15-12-28-18-4-2-3-5-19(18)29-15/h2-7,9,13,15H,8,10-12H2,1H3,(H,23,26)/t13-,15-/m0/s1. The Kier molecular flexibility index (Phi) is 5.49. The lowest BCUT2D eigenvalue weighted by Gasteiger charge is -2.27. The average Bonchev–Trinajstić information content (AvgIpc) is 3.13. The highest BCUT2D eigenvalue weighted by molar-refractivity contribution is 6.31. The minimum absolute atomic E-state index is 0.131. The van der Waals surface area contributed by atoms with Gasteiger partial charge in [-0.15, -0.1) is 0 Å². The van der Waals surface area contributed by atoms with Gasteiger partial charge in [0.05, 0.1) is 25.3 Å². The van der Waals surface area contributed by atoms with Crippen molar-refractivity contribution in [2.75, 3.05) is 31.7 Å². The number of anilines is 1. The number of amides is 2. The molecule has 2 aromatic rings. The van der Waals surface area contributed by atoms with E-state index in [1.165, 1.54) is 7.11 Å². The van der Waals surface area contributed by atoms with E-state index in [0.717, 1.165) is 0 Å². The predicted octanol–water partition coefficient (Wildman–Crippen LogP) is 2.66. The minimum Gasteiger partial charge on any atom is -0.495 e. The number of hydrogen-bond donors (Lipinski definition) is 1. The molecule has 2 amide bonds. The zero-order valence-electron chi connectivity index (χ0n) is 15.9. The molecule has 7 nitrogen and oxygen atoms in total. The molecule has 29 heavy (non-hydrogen) atoms. The maximum atomic E-state index is 12.6. The van der Waals surface area contributed by atoms with Gasteiger partial charge in [-0.2, -0.15) is 0 Å². The quantitative estimate of drug-likeness (QED) is 0.810. The molecule has 0 spiro atoms. The van der Waals surface area contributed by atoms with Crippen molar-refractivity contribution >= 4 is 29.1 Å². The van der Waals surface area contributed by atoms with Crippen LogP contribution in [0.3, 0.4) is 0 Å². The Morgan fingerprint density at radius 3 is 2.86 bits per heavy atom. The second-order valence-corrected chi connectivity index (χ2v) is 7.40. The molecule has 2 aliphatic heterocycles. The van der Waals surface area contributed by atoms with Crippen LogP contribution >= 0.6 is 11.6 Å². The second kappa shape index (κ2) is 8.21. The number of nitrogens with one attached hydrogen (secondary N) is 1. The van der Waals surface area contributed by atoms with Gasteiger partial charge in [0.1, 0.15) is 18.5 Å². The summed E-state index contributed by atoms with van der Waals surface area (Å²) < 4.78 is 16.8. The Hall–Kier alpha value is -2.93. The van der Waals surface area contributed by atoms with E-state index >= 15 is 0 Å². The van der Waals surface area contributed by atoms with Crippen LogP contribution in [0.5, 0.6) is 17.2 Å². The molecule has 2 aromatic carbocycles. The van der Waals surface area contributed by atoms with Crippen LogP contribution in [0, 0.1) is 5.92 Å². The molecule has 152 valence electrons. The number of methoxy groups -OCH3 is 1. The molecule has 8 heteroatoms. The summed E-state index contributed by atoms with van der Waals surface area (Å²) in [5, 5.41) is 3.37. The second-order valence-electron chi connectivity index (χ2n) is 6.96. The molecular formula is C21H21ClN2O5. The number of halogens is 1. The maximum absolute atomic E-state index is 12.6. The van der Waals surface area contributed by atoms with E-state index in [4.69, 9.17) is 25.8 Å². The molecule has 2 aliphatic rings. The Morgan fingerprint density at radius 1 is 1.28 bits per heavy atom. The third-order valence-electron chi connectivity index (χ3n) is 5.00. The fourth-order valence-electron chi connectivity index (χ4n) is 3.51. The number of fused-ring (bicyclic) bond motifs is 1. The predicted molar refractivity (Wildman–Crippen MR) is 108 cm³/mol. The van der Waals surface area contributed by atoms with Gasteiger partial charge in [-0.1, -0.05) is 23.7 Å². The largest absolute Gasteiger partial charge is 0.495 e. The van der Waals surface area contributed by atoms with Gasteiger partial charge in [0, 0.05) is 18.0 Å². The summed E-state index contributed by atoms with van der Waals surface area (Å²) in [7, 11) is 1.53. The molecule has 2 atom stereocenters. The Labute approximate surface area is 173 Å². The van der Waals surface area contributed by atoms with Crippen molar-refractivity contribution < 1.29 is 23.8 Å². The SMILES string of the molecule is COc1ccc(Cl)cc1N1C[C@@H](C(=O)NC[C@H]2COc3ccccc3O2)CC1=O. The highest BCUT2D eigenvalue weighted by Gasteiger charge is 2.36. The fraction of sp³-hybridized carbons (Fsp3) is 0.333. The normalized spacial score (nSPS) is 20.5. The van der Waals surface area contributed by atoms with Crippen molar-refractivity contribution in [1.82, 2.24) is 5.32 Å². The van der Waals surface area contributed by atoms with Crippen LogP contribution in [0.2, 0.25) is 5.02 Å². The third kappa shape index (κ3) is 4.10. The number of hydrogen-bond acceptors (Lipinski definition) is 5.